The summed E-state index contributed by atoms with van der Waals surface area (Å²) in [7, 11) is 2.27. The molecule has 0 radical (unpaired) electrons. The molecule has 0 spiro atoms. The summed E-state index contributed by atoms with van der Waals surface area (Å²) in [5.74, 6) is 1.85. The molecule has 3 nitrogen and oxygen atoms in total. The first-order valence-corrected chi connectivity index (χ1v) is 7.45. The molecule has 2 bridgehead atoms. The average molecular weight is 237 g/mol. The van der Waals surface area contributed by atoms with Gasteiger partial charge in [0.1, 0.15) is 0 Å². The number of nitrogens with zero attached hydrogens (tertiary/aromatic N) is 2. The molecule has 3 aliphatic rings. The van der Waals surface area contributed by atoms with E-state index in [4.69, 9.17) is 0 Å². The van der Waals surface area contributed by atoms with Gasteiger partial charge in [-0.15, -0.1) is 0 Å². The van der Waals surface area contributed by atoms with Crippen molar-refractivity contribution in [2.24, 2.45) is 11.8 Å². The Hall–Kier alpha value is -0.120. The molecular formula is C14H27N3. The van der Waals surface area contributed by atoms with Gasteiger partial charge in [-0.3, -0.25) is 0 Å². The zero-order valence-corrected chi connectivity index (χ0v) is 11.2. The third-order valence-corrected chi connectivity index (χ3v) is 5.02. The first-order valence-electron chi connectivity index (χ1n) is 7.45. The molecule has 3 fully saturated rings. The van der Waals surface area contributed by atoms with Crippen LogP contribution in [0.3, 0.4) is 0 Å². The van der Waals surface area contributed by atoms with Gasteiger partial charge >= 0.3 is 0 Å². The van der Waals surface area contributed by atoms with Crippen LogP contribution >= 0.6 is 0 Å². The summed E-state index contributed by atoms with van der Waals surface area (Å²) >= 11 is 0. The lowest BCUT2D eigenvalue weighted by molar-refractivity contribution is 0.180. The van der Waals surface area contributed by atoms with Crippen molar-refractivity contribution in [3.8, 4) is 0 Å². The smallest absolute Gasteiger partial charge is 0.0120 e. The van der Waals surface area contributed by atoms with E-state index < -0.39 is 0 Å². The van der Waals surface area contributed by atoms with Gasteiger partial charge in [0.25, 0.3) is 0 Å². The van der Waals surface area contributed by atoms with Crippen LogP contribution in [0.5, 0.6) is 0 Å². The number of rotatable bonds is 3. The van der Waals surface area contributed by atoms with Gasteiger partial charge in [-0.25, -0.2) is 0 Å². The summed E-state index contributed by atoms with van der Waals surface area (Å²) in [4.78, 5) is 5.13. The summed E-state index contributed by atoms with van der Waals surface area (Å²) in [5, 5.41) is 3.89. The Morgan fingerprint density at radius 1 is 1.06 bits per heavy atom. The number of piperidine rings is 2. The van der Waals surface area contributed by atoms with Crippen LogP contribution in [0.1, 0.15) is 25.7 Å². The summed E-state index contributed by atoms with van der Waals surface area (Å²) in [6, 6.07) is 0.820. The van der Waals surface area contributed by atoms with Crippen LogP contribution in [0, 0.1) is 11.8 Å². The number of hydrogen-bond acceptors (Lipinski definition) is 3. The second kappa shape index (κ2) is 5.25. The van der Waals surface area contributed by atoms with Crippen LogP contribution in [0.15, 0.2) is 0 Å². The van der Waals surface area contributed by atoms with Crippen molar-refractivity contribution in [3.05, 3.63) is 0 Å². The van der Waals surface area contributed by atoms with E-state index in [1.54, 1.807) is 0 Å². The largest absolute Gasteiger partial charge is 0.313 e. The SMILES string of the molecule is CN1CCCC(CNC2CCN3CCC2C3)C1. The van der Waals surface area contributed by atoms with Gasteiger partial charge in [0.15, 0.2) is 0 Å². The third kappa shape index (κ3) is 2.83. The van der Waals surface area contributed by atoms with Crippen LogP contribution < -0.4 is 5.32 Å². The maximum atomic E-state index is 3.89. The van der Waals surface area contributed by atoms with E-state index in [1.807, 2.05) is 0 Å². The van der Waals surface area contributed by atoms with Crippen LogP contribution in [-0.4, -0.2) is 62.2 Å². The molecule has 98 valence electrons. The van der Waals surface area contributed by atoms with Gasteiger partial charge in [0.05, 0.1) is 0 Å². The molecule has 17 heavy (non-hydrogen) atoms. The fourth-order valence-corrected chi connectivity index (χ4v) is 3.98. The van der Waals surface area contributed by atoms with Crippen LogP contribution in [-0.2, 0) is 0 Å². The molecule has 1 N–H and O–H groups in total. The second-order valence-corrected chi connectivity index (χ2v) is 6.42. The summed E-state index contributed by atoms with van der Waals surface area (Å²) in [6.07, 6.45) is 5.64. The van der Waals surface area contributed by atoms with Gasteiger partial charge in [0, 0.05) is 19.1 Å². The molecule has 0 aromatic carbocycles. The number of fused-ring (bicyclic) bond motifs is 2. The van der Waals surface area contributed by atoms with E-state index in [1.165, 1.54) is 65.0 Å². The third-order valence-electron chi connectivity index (χ3n) is 5.02. The molecule has 3 aliphatic heterocycles. The summed E-state index contributed by atoms with van der Waals surface area (Å²) in [5.41, 5.74) is 0. The fraction of sp³-hybridized carbons (Fsp3) is 1.00. The Bertz CT molecular complexity index is 256. The van der Waals surface area contributed by atoms with E-state index in [0.29, 0.717) is 0 Å². The Morgan fingerprint density at radius 3 is 2.82 bits per heavy atom. The highest BCUT2D eigenvalue weighted by Gasteiger charge is 2.34. The highest BCUT2D eigenvalue weighted by Crippen LogP contribution is 2.27. The highest BCUT2D eigenvalue weighted by atomic mass is 15.2. The minimum absolute atomic E-state index is 0.820. The minimum atomic E-state index is 0.820. The van der Waals surface area contributed by atoms with Gasteiger partial charge in [0.2, 0.25) is 0 Å². The Morgan fingerprint density at radius 2 is 1.94 bits per heavy atom. The van der Waals surface area contributed by atoms with E-state index >= 15 is 0 Å². The molecule has 3 rings (SSSR count). The molecule has 4 unspecified atom stereocenters. The molecular weight excluding hydrogens is 210 g/mol. The Labute approximate surface area is 106 Å². The van der Waals surface area contributed by atoms with Crippen molar-refractivity contribution in [1.29, 1.82) is 0 Å². The second-order valence-electron chi connectivity index (χ2n) is 6.42. The van der Waals surface area contributed by atoms with Gasteiger partial charge in [-0.1, -0.05) is 0 Å². The molecule has 4 atom stereocenters. The number of hydrogen-bond donors (Lipinski definition) is 1. The highest BCUT2D eigenvalue weighted by molar-refractivity contribution is 4.91. The monoisotopic (exact) mass is 237 g/mol. The molecule has 0 aromatic rings. The first-order chi connectivity index (χ1) is 8.31. The van der Waals surface area contributed by atoms with E-state index in [-0.39, 0.29) is 0 Å². The molecule has 0 aromatic heterocycles. The number of nitrogens with one attached hydrogen (secondary N) is 1. The van der Waals surface area contributed by atoms with Crippen molar-refractivity contribution in [2.75, 3.05) is 46.3 Å². The lowest BCUT2D eigenvalue weighted by atomic mass is 9.92. The van der Waals surface area contributed by atoms with E-state index in [2.05, 4.69) is 22.2 Å². The van der Waals surface area contributed by atoms with Crippen LogP contribution in [0.4, 0.5) is 0 Å². The topological polar surface area (TPSA) is 18.5 Å². The molecule has 3 heteroatoms. The Kier molecular flexibility index (Phi) is 3.69. The summed E-state index contributed by atoms with van der Waals surface area (Å²) in [6.45, 7) is 7.91. The van der Waals surface area contributed by atoms with E-state index in [9.17, 15) is 0 Å². The average Bonchev–Trinajstić information content (AvgIpc) is 2.71. The normalized spacial score (nSPS) is 42.9. The maximum absolute atomic E-state index is 3.89. The van der Waals surface area contributed by atoms with Crippen molar-refractivity contribution < 1.29 is 0 Å². The van der Waals surface area contributed by atoms with Crippen molar-refractivity contribution in [2.45, 2.75) is 31.7 Å². The molecule has 3 heterocycles. The number of likely N-dealkylation sites (tertiary alicyclic amines) is 1. The van der Waals surface area contributed by atoms with E-state index in [0.717, 1.165) is 17.9 Å². The standard InChI is InChI=1S/C14H27N3/c1-16-6-2-3-12(10-16)9-15-14-5-8-17-7-4-13(14)11-17/h12-15H,2-11H2,1H3. The molecule has 0 amide bonds. The predicted octanol–water partition coefficient (Wildman–Crippen LogP) is 1.01. The lowest BCUT2D eigenvalue weighted by Gasteiger charge is -2.34. The van der Waals surface area contributed by atoms with Crippen molar-refractivity contribution >= 4 is 0 Å². The zero-order chi connectivity index (χ0) is 11.7. The zero-order valence-electron chi connectivity index (χ0n) is 11.2. The fourth-order valence-electron chi connectivity index (χ4n) is 3.98. The van der Waals surface area contributed by atoms with Gasteiger partial charge < -0.3 is 15.1 Å². The van der Waals surface area contributed by atoms with Crippen molar-refractivity contribution in [1.82, 2.24) is 15.1 Å². The summed E-state index contributed by atoms with van der Waals surface area (Å²) < 4.78 is 0. The van der Waals surface area contributed by atoms with Gasteiger partial charge in [-0.05, 0) is 70.7 Å². The van der Waals surface area contributed by atoms with Crippen molar-refractivity contribution in [3.63, 3.8) is 0 Å². The predicted molar refractivity (Wildman–Crippen MR) is 71.2 cm³/mol. The first kappa shape index (κ1) is 11.9. The molecule has 3 saturated heterocycles. The Balaban J connectivity index is 1.44. The van der Waals surface area contributed by atoms with Crippen LogP contribution in [0.25, 0.3) is 0 Å². The molecule has 0 saturated carbocycles. The minimum Gasteiger partial charge on any atom is -0.313 e. The molecule has 0 aliphatic carbocycles. The maximum Gasteiger partial charge on any atom is 0.0120 e. The lowest BCUT2D eigenvalue weighted by Crippen LogP contribution is -2.47. The van der Waals surface area contributed by atoms with Gasteiger partial charge in [-0.2, -0.15) is 0 Å². The van der Waals surface area contributed by atoms with Crippen LogP contribution in [0.2, 0.25) is 0 Å². The quantitative estimate of drug-likeness (QED) is 0.790.